The molecule has 8 heteroatoms. The molecule has 2 N–H and O–H groups in total. The van der Waals surface area contributed by atoms with Crippen LogP contribution in [0.4, 0.5) is 9.80 Å². The second-order valence-electron chi connectivity index (χ2n) is 3.88. The van der Waals surface area contributed by atoms with Crippen molar-refractivity contribution >= 4 is 28.6 Å². The van der Waals surface area contributed by atoms with E-state index >= 15 is 0 Å². The molecule has 1 amide bonds. The van der Waals surface area contributed by atoms with Gasteiger partial charge in [0.05, 0.1) is 0 Å². The number of anilines is 1. The number of rotatable bonds is 2. The van der Waals surface area contributed by atoms with Crippen molar-refractivity contribution in [2.75, 3.05) is 5.32 Å². The van der Waals surface area contributed by atoms with E-state index in [1.165, 1.54) is 0 Å². The Kier molecular flexibility index (Phi) is 3.43. The number of carbonyl (C=O) groups is 2. The average molecular weight is 245 g/mol. The number of nitrogens with zero attached hydrogens (tertiary/aromatic N) is 2. The molecule has 0 unspecified atom stereocenters. The van der Waals surface area contributed by atoms with Gasteiger partial charge in [-0.25, -0.2) is 9.59 Å². The van der Waals surface area contributed by atoms with Crippen molar-refractivity contribution < 1.29 is 19.4 Å². The van der Waals surface area contributed by atoms with Crippen molar-refractivity contribution in [3.63, 3.8) is 0 Å². The van der Waals surface area contributed by atoms with Crippen molar-refractivity contribution in [3.05, 3.63) is 5.69 Å². The quantitative estimate of drug-likeness (QED) is 0.820. The van der Waals surface area contributed by atoms with Crippen LogP contribution in [0.15, 0.2) is 0 Å². The van der Waals surface area contributed by atoms with Gasteiger partial charge in [0, 0.05) is 11.5 Å². The van der Waals surface area contributed by atoms with Crippen molar-refractivity contribution in [1.82, 2.24) is 9.59 Å². The van der Waals surface area contributed by atoms with Gasteiger partial charge in [-0.15, -0.1) is 5.10 Å². The number of hydrogen-bond donors (Lipinski definition) is 2. The predicted octanol–water partition coefficient (Wildman–Crippen LogP) is 1.58. The summed E-state index contributed by atoms with van der Waals surface area (Å²) in [5.41, 5.74) is -0.943. The Morgan fingerprint density at radius 1 is 1.44 bits per heavy atom. The Bertz CT molecular complexity index is 410. The van der Waals surface area contributed by atoms with Gasteiger partial charge in [0.25, 0.3) is 0 Å². The van der Waals surface area contributed by atoms with E-state index in [2.05, 4.69) is 14.9 Å². The molecular weight excluding hydrogens is 234 g/mol. The molecule has 0 aliphatic heterocycles. The molecule has 0 atom stereocenters. The number of amides is 1. The average Bonchev–Trinajstić information content (AvgIpc) is 2.47. The Hall–Kier alpha value is -1.70. The number of aromatic nitrogens is 2. The van der Waals surface area contributed by atoms with Gasteiger partial charge in [-0.3, -0.25) is 5.32 Å². The van der Waals surface area contributed by atoms with Crippen molar-refractivity contribution in [3.8, 4) is 0 Å². The minimum atomic E-state index is -1.25. The first-order valence-electron chi connectivity index (χ1n) is 4.35. The van der Waals surface area contributed by atoms with E-state index in [0.29, 0.717) is 0 Å². The second kappa shape index (κ2) is 4.44. The molecule has 16 heavy (non-hydrogen) atoms. The van der Waals surface area contributed by atoms with Crippen LogP contribution in [0, 0.1) is 0 Å². The monoisotopic (exact) mass is 245 g/mol. The van der Waals surface area contributed by atoms with Crippen LogP contribution in [0.1, 0.15) is 31.3 Å². The second-order valence-corrected chi connectivity index (χ2v) is 4.64. The van der Waals surface area contributed by atoms with Crippen LogP contribution in [0.2, 0.25) is 0 Å². The summed E-state index contributed by atoms with van der Waals surface area (Å²) in [4.78, 5) is 22.0. The Morgan fingerprint density at radius 3 is 2.56 bits per heavy atom. The molecule has 1 aromatic rings. The largest absolute Gasteiger partial charge is 0.476 e. The summed E-state index contributed by atoms with van der Waals surface area (Å²) < 4.78 is 8.39. The maximum atomic E-state index is 11.3. The third kappa shape index (κ3) is 3.46. The van der Waals surface area contributed by atoms with E-state index in [1.807, 2.05) is 0 Å². The maximum absolute atomic E-state index is 11.3. The Labute approximate surface area is 95.6 Å². The first-order valence-corrected chi connectivity index (χ1v) is 5.12. The lowest BCUT2D eigenvalue weighted by Gasteiger charge is -2.19. The van der Waals surface area contributed by atoms with Gasteiger partial charge in [-0.1, -0.05) is 4.49 Å². The van der Waals surface area contributed by atoms with Gasteiger partial charge in [-0.05, 0) is 20.8 Å². The molecular formula is C8H11N3O4S. The van der Waals surface area contributed by atoms with E-state index in [9.17, 15) is 9.59 Å². The molecule has 0 saturated heterocycles. The summed E-state index contributed by atoms with van der Waals surface area (Å²) in [5, 5.41) is 14.4. The summed E-state index contributed by atoms with van der Waals surface area (Å²) in [6.07, 6.45) is -0.735. The number of aromatic carboxylic acids is 1. The zero-order valence-corrected chi connectivity index (χ0v) is 9.79. The molecule has 1 aromatic heterocycles. The summed E-state index contributed by atoms with van der Waals surface area (Å²) >= 11 is 0.778. The lowest BCUT2D eigenvalue weighted by molar-refractivity contribution is 0.0636. The smallest absolute Gasteiger partial charge is 0.412 e. The first-order chi connectivity index (χ1) is 7.29. The number of ether oxygens (including phenoxy) is 1. The standard InChI is InChI=1S/C8H11N3O4S/c1-8(2,3)15-7(14)9-5-4(6(12)13)10-11-16-5/h1-3H3,(H,9,14)(H,12,13). The zero-order chi connectivity index (χ0) is 12.3. The minimum Gasteiger partial charge on any atom is -0.476 e. The van der Waals surface area contributed by atoms with Gasteiger partial charge in [0.1, 0.15) is 5.60 Å². The van der Waals surface area contributed by atoms with Crippen molar-refractivity contribution in [2.24, 2.45) is 0 Å². The highest BCUT2D eigenvalue weighted by atomic mass is 32.1. The Balaban J connectivity index is 2.70. The summed E-state index contributed by atoms with van der Waals surface area (Å²) in [6, 6.07) is 0. The summed E-state index contributed by atoms with van der Waals surface area (Å²) in [5.74, 6) is -1.25. The molecule has 0 spiro atoms. The van der Waals surface area contributed by atoms with E-state index in [0.717, 1.165) is 11.5 Å². The van der Waals surface area contributed by atoms with Crippen LogP contribution in [0.25, 0.3) is 0 Å². The predicted molar refractivity (Wildman–Crippen MR) is 56.7 cm³/mol. The fraction of sp³-hybridized carbons (Fsp3) is 0.500. The lowest BCUT2D eigenvalue weighted by atomic mass is 10.2. The van der Waals surface area contributed by atoms with E-state index in [-0.39, 0.29) is 10.7 Å². The maximum Gasteiger partial charge on any atom is 0.412 e. The van der Waals surface area contributed by atoms with Gasteiger partial charge in [0.2, 0.25) is 5.69 Å². The topological polar surface area (TPSA) is 101 Å². The first kappa shape index (κ1) is 12.4. The highest BCUT2D eigenvalue weighted by molar-refractivity contribution is 7.10. The van der Waals surface area contributed by atoms with Crippen LogP contribution < -0.4 is 5.32 Å². The SMILES string of the molecule is CC(C)(C)OC(=O)Nc1snnc1C(=O)O. The van der Waals surface area contributed by atoms with Gasteiger partial charge in [0.15, 0.2) is 5.00 Å². The molecule has 88 valence electrons. The molecule has 0 fully saturated rings. The molecule has 1 rings (SSSR count). The van der Waals surface area contributed by atoms with E-state index in [1.54, 1.807) is 20.8 Å². The Morgan fingerprint density at radius 2 is 2.06 bits per heavy atom. The highest BCUT2D eigenvalue weighted by Crippen LogP contribution is 2.18. The number of carboxylic acid groups (broad SMARTS) is 1. The fourth-order valence-corrected chi connectivity index (χ4v) is 1.36. The molecule has 0 radical (unpaired) electrons. The third-order valence-corrected chi connectivity index (χ3v) is 1.95. The number of nitrogens with one attached hydrogen (secondary N) is 1. The highest BCUT2D eigenvalue weighted by Gasteiger charge is 2.21. The molecule has 0 bridgehead atoms. The minimum absolute atomic E-state index is 0.0572. The lowest BCUT2D eigenvalue weighted by Crippen LogP contribution is -2.27. The van der Waals surface area contributed by atoms with E-state index < -0.39 is 17.7 Å². The molecule has 7 nitrogen and oxygen atoms in total. The van der Waals surface area contributed by atoms with Crippen LogP contribution >= 0.6 is 11.5 Å². The molecule has 0 aliphatic carbocycles. The van der Waals surface area contributed by atoms with Crippen molar-refractivity contribution in [2.45, 2.75) is 26.4 Å². The van der Waals surface area contributed by atoms with Crippen LogP contribution in [-0.2, 0) is 4.74 Å². The molecule has 0 saturated carbocycles. The van der Waals surface area contributed by atoms with Gasteiger partial charge in [-0.2, -0.15) is 0 Å². The van der Waals surface area contributed by atoms with Crippen LogP contribution in [-0.4, -0.2) is 32.4 Å². The van der Waals surface area contributed by atoms with Gasteiger partial charge < -0.3 is 9.84 Å². The molecule has 0 aliphatic rings. The number of carboxylic acids is 1. The number of carbonyl (C=O) groups excluding carboxylic acids is 1. The van der Waals surface area contributed by atoms with Crippen LogP contribution in [0.3, 0.4) is 0 Å². The molecule has 0 aromatic carbocycles. The molecule has 1 heterocycles. The van der Waals surface area contributed by atoms with Gasteiger partial charge >= 0.3 is 12.1 Å². The zero-order valence-electron chi connectivity index (χ0n) is 8.97. The van der Waals surface area contributed by atoms with Crippen LogP contribution in [0.5, 0.6) is 0 Å². The summed E-state index contributed by atoms with van der Waals surface area (Å²) in [7, 11) is 0. The third-order valence-electron chi connectivity index (χ3n) is 1.31. The number of hydrogen-bond acceptors (Lipinski definition) is 6. The van der Waals surface area contributed by atoms with E-state index in [4.69, 9.17) is 9.84 Å². The fourth-order valence-electron chi connectivity index (χ4n) is 0.809. The normalized spacial score (nSPS) is 10.9. The van der Waals surface area contributed by atoms with Crippen molar-refractivity contribution in [1.29, 1.82) is 0 Å². The summed E-state index contributed by atoms with van der Waals surface area (Å²) in [6.45, 7) is 5.11.